The Balaban J connectivity index is 1.79. The van der Waals surface area contributed by atoms with Gasteiger partial charge in [-0.2, -0.15) is 0 Å². The quantitative estimate of drug-likeness (QED) is 0.632. The van der Waals surface area contributed by atoms with Crippen molar-refractivity contribution in [3.8, 4) is 0 Å². The smallest absolute Gasteiger partial charge is 0.251 e. The third-order valence-electron chi connectivity index (χ3n) is 2.97. The van der Waals surface area contributed by atoms with E-state index in [-0.39, 0.29) is 5.91 Å². The zero-order valence-corrected chi connectivity index (χ0v) is 11.0. The fourth-order valence-electron chi connectivity index (χ4n) is 1.80. The van der Waals surface area contributed by atoms with E-state index >= 15 is 0 Å². The van der Waals surface area contributed by atoms with Crippen molar-refractivity contribution in [2.24, 2.45) is 0 Å². The largest absolute Gasteiger partial charge is 0.399 e. The van der Waals surface area contributed by atoms with Crippen LogP contribution in [0.5, 0.6) is 0 Å². The van der Waals surface area contributed by atoms with Crippen molar-refractivity contribution in [1.29, 1.82) is 0 Å². The van der Waals surface area contributed by atoms with Crippen LogP contribution in [0.25, 0.3) is 0 Å². The highest BCUT2D eigenvalue weighted by atomic mass is 16.1. The Hall–Kier alpha value is -2.30. The van der Waals surface area contributed by atoms with Crippen molar-refractivity contribution in [2.45, 2.75) is 19.9 Å². The predicted molar refractivity (Wildman–Crippen MR) is 74.8 cm³/mol. The van der Waals surface area contributed by atoms with Crippen LogP contribution in [0.4, 0.5) is 5.69 Å². The third kappa shape index (κ3) is 3.58. The summed E-state index contributed by atoms with van der Waals surface area (Å²) in [5.41, 5.74) is 8.00. The van der Waals surface area contributed by atoms with Gasteiger partial charge in [0.1, 0.15) is 0 Å². The number of nitrogens with zero attached hydrogens (tertiary/aromatic N) is 2. The normalized spacial score (nSPS) is 10.4. The van der Waals surface area contributed by atoms with E-state index < -0.39 is 0 Å². The molecule has 0 bridgehead atoms. The Morgan fingerprint density at radius 3 is 3.00 bits per heavy atom. The number of carbonyl (C=O) groups excluding carboxylic acids is 1. The van der Waals surface area contributed by atoms with Crippen molar-refractivity contribution in [3.05, 3.63) is 48.0 Å². The molecule has 3 N–H and O–H groups in total. The summed E-state index contributed by atoms with van der Waals surface area (Å²) in [4.78, 5) is 15.9. The summed E-state index contributed by atoms with van der Waals surface area (Å²) in [7, 11) is 0. The minimum atomic E-state index is -0.0614. The van der Waals surface area contributed by atoms with E-state index in [9.17, 15) is 4.79 Å². The standard InChI is InChI=1S/C14H18N4O/c1-11-9-12(3-4-13(11)15)14(19)17-5-2-7-18-8-6-16-10-18/h3-4,6,8-10H,2,5,7,15H2,1H3,(H,17,19). The Bertz CT molecular complexity index is 549. The second kappa shape index (κ2) is 6.04. The van der Waals surface area contributed by atoms with Crippen LogP contribution in [0.3, 0.4) is 0 Å². The molecule has 0 spiro atoms. The van der Waals surface area contributed by atoms with Crippen molar-refractivity contribution < 1.29 is 4.79 Å². The first-order valence-corrected chi connectivity index (χ1v) is 6.27. The number of imidazole rings is 1. The monoisotopic (exact) mass is 258 g/mol. The molecule has 2 rings (SSSR count). The van der Waals surface area contributed by atoms with Gasteiger partial charge in [-0.15, -0.1) is 0 Å². The lowest BCUT2D eigenvalue weighted by Crippen LogP contribution is -2.25. The predicted octanol–water partition coefficient (Wildman–Crippen LogP) is 1.59. The van der Waals surface area contributed by atoms with Gasteiger partial charge in [0, 0.05) is 36.7 Å². The number of hydrogen-bond acceptors (Lipinski definition) is 3. The van der Waals surface area contributed by atoms with Gasteiger partial charge in [-0.3, -0.25) is 4.79 Å². The van der Waals surface area contributed by atoms with E-state index in [0.29, 0.717) is 17.8 Å². The number of benzene rings is 1. The number of amides is 1. The van der Waals surface area contributed by atoms with Crippen LogP contribution in [0, 0.1) is 6.92 Å². The summed E-state index contributed by atoms with van der Waals surface area (Å²) >= 11 is 0. The number of aryl methyl sites for hydroxylation is 2. The van der Waals surface area contributed by atoms with Crippen LogP contribution in [0.15, 0.2) is 36.9 Å². The first-order chi connectivity index (χ1) is 9.16. The third-order valence-corrected chi connectivity index (χ3v) is 2.97. The SMILES string of the molecule is Cc1cc(C(=O)NCCCn2ccnc2)ccc1N. The molecule has 0 saturated carbocycles. The lowest BCUT2D eigenvalue weighted by molar-refractivity contribution is 0.0952. The molecule has 0 unspecified atom stereocenters. The first kappa shape index (κ1) is 13.1. The summed E-state index contributed by atoms with van der Waals surface area (Å²) in [6, 6.07) is 5.31. The second-order valence-electron chi connectivity index (χ2n) is 4.48. The molecular formula is C14H18N4O. The number of rotatable bonds is 5. The zero-order chi connectivity index (χ0) is 13.7. The van der Waals surface area contributed by atoms with Gasteiger partial charge in [-0.05, 0) is 37.1 Å². The summed E-state index contributed by atoms with van der Waals surface area (Å²) in [5.74, 6) is -0.0614. The highest BCUT2D eigenvalue weighted by molar-refractivity contribution is 5.94. The highest BCUT2D eigenvalue weighted by Gasteiger charge is 2.05. The molecule has 1 aromatic carbocycles. The van der Waals surface area contributed by atoms with Crippen LogP contribution in [0.2, 0.25) is 0 Å². The number of hydrogen-bond donors (Lipinski definition) is 2. The van der Waals surface area contributed by atoms with Crippen LogP contribution in [-0.4, -0.2) is 22.0 Å². The number of anilines is 1. The van der Waals surface area contributed by atoms with E-state index in [1.807, 2.05) is 17.7 Å². The van der Waals surface area contributed by atoms with Gasteiger partial charge in [0.05, 0.1) is 6.33 Å². The average Bonchev–Trinajstić information content (AvgIpc) is 2.91. The Morgan fingerprint density at radius 2 is 2.32 bits per heavy atom. The maximum Gasteiger partial charge on any atom is 0.251 e. The molecule has 0 fully saturated rings. The number of nitrogens with one attached hydrogen (secondary N) is 1. The fraction of sp³-hybridized carbons (Fsp3) is 0.286. The maximum atomic E-state index is 11.9. The molecule has 0 saturated heterocycles. The van der Waals surface area contributed by atoms with Gasteiger partial charge < -0.3 is 15.6 Å². The van der Waals surface area contributed by atoms with Crippen molar-refractivity contribution in [1.82, 2.24) is 14.9 Å². The summed E-state index contributed by atoms with van der Waals surface area (Å²) < 4.78 is 1.99. The van der Waals surface area contributed by atoms with Gasteiger partial charge in [0.15, 0.2) is 0 Å². The van der Waals surface area contributed by atoms with E-state index in [1.165, 1.54) is 0 Å². The molecule has 19 heavy (non-hydrogen) atoms. The molecule has 1 aromatic heterocycles. The Morgan fingerprint density at radius 1 is 1.47 bits per heavy atom. The minimum Gasteiger partial charge on any atom is -0.399 e. The van der Waals surface area contributed by atoms with E-state index in [1.54, 1.807) is 30.7 Å². The average molecular weight is 258 g/mol. The second-order valence-corrected chi connectivity index (χ2v) is 4.48. The Labute approximate surface area is 112 Å². The van der Waals surface area contributed by atoms with Gasteiger partial charge in [-0.1, -0.05) is 0 Å². The van der Waals surface area contributed by atoms with Gasteiger partial charge in [0.2, 0.25) is 0 Å². The molecule has 0 aliphatic carbocycles. The Kier molecular flexibility index (Phi) is 4.18. The van der Waals surface area contributed by atoms with Crippen LogP contribution < -0.4 is 11.1 Å². The first-order valence-electron chi connectivity index (χ1n) is 6.27. The summed E-state index contributed by atoms with van der Waals surface area (Å²) in [6.07, 6.45) is 6.29. The van der Waals surface area contributed by atoms with E-state index in [2.05, 4.69) is 10.3 Å². The highest BCUT2D eigenvalue weighted by Crippen LogP contribution is 2.12. The lowest BCUT2D eigenvalue weighted by atomic mass is 10.1. The van der Waals surface area contributed by atoms with Crippen molar-refractivity contribution in [3.63, 3.8) is 0 Å². The molecule has 1 heterocycles. The topological polar surface area (TPSA) is 72.9 Å². The fourth-order valence-corrected chi connectivity index (χ4v) is 1.80. The summed E-state index contributed by atoms with van der Waals surface area (Å²) in [5, 5.41) is 2.89. The molecule has 2 aromatic rings. The van der Waals surface area contributed by atoms with Crippen LogP contribution in [-0.2, 0) is 6.54 Å². The molecule has 0 aliphatic heterocycles. The lowest BCUT2D eigenvalue weighted by Gasteiger charge is -2.07. The molecule has 0 atom stereocenters. The number of carbonyl (C=O) groups is 1. The molecule has 5 nitrogen and oxygen atoms in total. The van der Waals surface area contributed by atoms with Crippen LogP contribution >= 0.6 is 0 Å². The minimum absolute atomic E-state index is 0.0614. The number of nitrogen functional groups attached to an aromatic ring is 1. The zero-order valence-electron chi connectivity index (χ0n) is 11.0. The molecule has 0 aliphatic rings. The van der Waals surface area contributed by atoms with Crippen LogP contribution in [0.1, 0.15) is 22.3 Å². The molecule has 100 valence electrons. The molecular weight excluding hydrogens is 240 g/mol. The van der Waals surface area contributed by atoms with Crippen molar-refractivity contribution in [2.75, 3.05) is 12.3 Å². The number of nitrogens with two attached hydrogens (primary N) is 1. The number of aromatic nitrogens is 2. The molecule has 1 amide bonds. The van der Waals surface area contributed by atoms with Gasteiger partial charge in [-0.25, -0.2) is 4.98 Å². The van der Waals surface area contributed by atoms with E-state index in [0.717, 1.165) is 18.5 Å². The summed E-state index contributed by atoms with van der Waals surface area (Å²) in [6.45, 7) is 3.38. The maximum absolute atomic E-state index is 11.9. The molecule has 5 heteroatoms. The van der Waals surface area contributed by atoms with Crippen molar-refractivity contribution >= 4 is 11.6 Å². The van der Waals surface area contributed by atoms with Gasteiger partial charge >= 0.3 is 0 Å². The van der Waals surface area contributed by atoms with E-state index in [4.69, 9.17) is 5.73 Å². The molecule has 0 radical (unpaired) electrons. The van der Waals surface area contributed by atoms with Gasteiger partial charge in [0.25, 0.3) is 5.91 Å².